The van der Waals surface area contributed by atoms with Crippen molar-refractivity contribution in [2.75, 3.05) is 19.6 Å². The van der Waals surface area contributed by atoms with E-state index in [9.17, 15) is 13.2 Å². The van der Waals surface area contributed by atoms with Crippen LogP contribution < -0.4 is 10.6 Å². The first-order valence-corrected chi connectivity index (χ1v) is 6.96. The molecule has 3 unspecified atom stereocenters. The van der Waals surface area contributed by atoms with Crippen LogP contribution in [0.15, 0.2) is 0 Å². The first-order valence-electron chi connectivity index (χ1n) is 6.96. The van der Waals surface area contributed by atoms with Crippen LogP contribution in [0, 0.1) is 11.8 Å². The van der Waals surface area contributed by atoms with Gasteiger partial charge in [0.05, 0.1) is 5.92 Å². The Morgan fingerprint density at radius 1 is 1.22 bits per heavy atom. The van der Waals surface area contributed by atoms with Gasteiger partial charge in [0, 0.05) is 12.6 Å². The second-order valence-electron chi connectivity index (χ2n) is 5.31. The smallest absolute Gasteiger partial charge is 0.315 e. The van der Waals surface area contributed by atoms with Crippen LogP contribution in [0.4, 0.5) is 13.2 Å². The van der Waals surface area contributed by atoms with E-state index < -0.39 is 12.1 Å². The van der Waals surface area contributed by atoms with E-state index in [1.807, 2.05) is 13.8 Å². The second-order valence-corrected chi connectivity index (χ2v) is 5.31. The minimum Gasteiger partial charge on any atom is -0.315 e. The molecule has 0 heterocycles. The van der Waals surface area contributed by atoms with Gasteiger partial charge >= 0.3 is 6.18 Å². The van der Waals surface area contributed by atoms with Gasteiger partial charge in [0.1, 0.15) is 0 Å². The molecule has 0 aromatic heterocycles. The molecule has 1 aliphatic rings. The van der Waals surface area contributed by atoms with Gasteiger partial charge in [-0.2, -0.15) is 13.2 Å². The Hall–Kier alpha value is -0.290. The third-order valence-corrected chi connectivity index (χ3v) is 3.76. The third kappa shape index (κ3) is 5.14. The summed E-state index contributed by atoms with van der Waals surface area (Å²) in [6, 6.07) is 0.223. The number of likely N-dealkylation sites (N-methyl/N-ethyl adjacent to an activating group) is 1. The number of halogens is 3. The van der Waals surface area contributed by atoms with Gasteiger partial charge in [0.2, 0.25) is 0 Å². The molecular weight excluding hydrogens is 241 g/mol. The maximum absolute atomic E-state index is 12.9. The van der Waals surface area contributed by atoms with Crippen LogP contribution in [0.1, 0.15) is 39.5 Å². The first kappa shape index (κ1) is 15.8. The highest BCUT2D eigenvalue weighted by atomic mass is 19.4. The molecule has 0 saturated heterocycles. The molecule has 18 heavy (non-hydrogen) atoms. The monoisotopic (exact) mass is 266 g/mol. The maximum atomic E-state index is 12.9. The van der Waals surface area contributed by atoms with Crippen LogP contribution in [0.5, 0.6) is 0 Å². The van der Waals surface area contributed by atoms with Crippen molar-refractivity contribution in [2.24, 2.45) is 11.8 Å². The summed E-state index contributed by atoms with van der Waals surface area (Å²) >= 11 is 0. The van der Waals surface area contributed by atoms with E-state index in [-0.39, 0.29) is 12.0 Å². The molecule has 2 N–H and O–H groups in total. The lowest BCUT2D eigenvalue weighted by atomic mass is 9.78. The molecule has 0 radical (unpaired) electrons. The molecule has 1 aliphatic carbocycles. The fourth-order valence-corrected chi connectivity index (χ4v) is 2.67. The first-order chi connectivity index (χ1) is 8.45. The summed E-state index contributed by atoms with van der Waals surface area (Å²) in [5.41, 5.74) is 0. The van der Waals surface area contributed by atoms with E-state index in [2.05, 4.69) is 10.6 Å². The number of nitrogens with one attached hydrogen (secondary N) is 2. The van der Waals surface area contributed by atoms with Crippen LogP contribution in [0.3, 0.4) is 0 Å². The molecule has 0 aliphatic heterocycles. The molecule has 5 heteroatoms. The topological polar surface area (TPSA) is 24.1 Å². The molecule has 0 amide bonds. The molecule has 2 nitrogen and oxygen atoms in total. The molecule has 0 spiro atoms. The van der Waals surface area contributed by atoms with Crippen molar-refractivity contribution in [2.45, 2.75) is 51.7 Å². The fourth-order valence-electron chi connectivity index (χ4n) is 2.67. The summed E-state index contributed by atoms with van der Waals surface area (Å²) in [5, 5.41) is 6.42. The Labute approximate surface area is 108 Å². The van der Waals surface area contributed by atoms with Gasteiger partial charge in [0.15, 0.2) is 0 Å². The summed E-state index contributed by atoms with van der Waals surface area (Å²) in [6.07, 6.45) is -1.38. The van der Waals surface area contributed by atoms with Crippen molar-refractivity contribution in [3.63, 3.8) is 0 Å². The van der Waals surface area contributed by atoms with E-state index in [4.69, 9.17) is 0 Å². The van der Waals surface area contributed by atoms with Crippen LogP contribution in [0.25, 0.3) is 0 Å². The highest BCUT2D eigenvalue weighted by Gasteiger charge is 2.45. The normalized spacial score (nSPS) is 27.2. The average molecular weight is 266 g/mol. The summed E-state index contributed by atoms with van der Waals surface area (Å²) < 4.78 is 38.6. The molecule has 1 fully saturated rings. The van der Waals surface area contributed by atoms with E-state index >= 15 is 0 Å². The lowest BCUT2D eigenvalue weighted by Crippen LogP contribution is -2.43. The third-order valence-electron chi connectivity index (χ3n) is 3.76. The van der Waals surface area contributed by atoms with Crippen LogP contribution in [0.2, 0.25) is 0 Å². The zero-order valence-corrected chi connectivity index (χ0v) is 11.3. The van der Waals surface area contributed by atoms with Crippen molar-refractivity contribution < 1.29 is 13.2 Å². The zero-order valence-electron chi connectivity index (χ0n) is 11.3. The molecule has 0 bridgehead atoms. The Morgan fingerprint density at radius 2 is 1.89 bits per heavy atom. The highest BCUT2D eigenvalue weighted by molar-refractivity contribution is 4.82. The van der Waals surface area contributed by atoms with Gasteiger partial charge in [-0.15, -0.1) is 0 Å². The predicted octanol–water partition coefficient (Wildman–Crippen LogP) is 2.94. The lowest BCUT2D eigenvalue weighted by molar-refractivity contribution is -0.195. The molecule has 3 atom stereocenters. The molecule has 1 saturated carbocycles. The van der Waals surface area contributed by atoms with E-state index in [0.717, 1.165) is 19.5 Å². The summed E-state index contributed by atoms with van der Waals surface area (Å²) in [7, 11) is 0. The SMILES string of the molecule is CCNCC(C)NCC1CCCCC1C(F)(F)F. The van der Waals surface area contributed by atoms with Crippen molar-refractivity contribution >= 4 is 0 Å². The van der Waals surface area contributed by atoms with Crippen molar-refractivity contribution in [1.82, 2.24) is 10.6 Å². The Kier molecular flexibility index (Phi) is 6.43. The van der Waals surface area contributed by atoms with Crippen LogP contribution in [-0.4, -0.2) is 31.9 Å². The quantitative estimate of drug-likeness (QED) is 0.772. The molecular formula is C13H25F3N2. The van der Waals surface area contributed by atoms with Gasteiger partial charge in [-0.25, -0.2) is 0 Å². The van der Waals surface area contributed by atoms with Gasteiger partial charge in [-0.3, -0.25) is 0 Å². The van der Waals surface area contributed by atoms with Crippen LogP contribution >= 0.6 is 0 Å². The maximum Gasteiger partial charge on any atom is 0.392 e. The standard InChI is InChI=1S/C13H25F3N2/c1-3-17-8-10(2)18-9-11-6-4-5-7-12(11)13(14,15)16/h10-12,17-18H,3-9H2,1-2H3. The molecule has 1 rings (SSSR count). The fraction of sp³-hybridized carbons (Fsp3) is 1.00. The van der Waals surface area contributed by atoms with E-state index in [1.165, 1.54) is 0 Å². The molecule has 0 aromatic carbocycles. The van der Waals surface area contributed by atoms with Crippen molar-refractivity contribution in [3.05, 3.63) is 0 Å². The molecule has 0 aromatic rings. The van der Waals surface area contributed by atoms with Gasteiger partial charge < -0.3 is 10.6 Å². The Morgan fingerprint density at radius 3 is 2.50 bits per heavy atom. The van der Waals surface area contributed by atoms with Gasteiger partial charge in [0.25, 0.3) is 0 Å². The van der Waals surface area contributed by atoms with Gasteiger partial charge in [-0.1, -0.05) is 19.8 Å². The average Bonchev–Trinajstić information content (AvgIpc) is 2.33. The summed E-state index contributed by atoms with van der Waals surface area (Å²) in [6.45, 7) is 6.21. The minimum atomic E-state index is -4.03. The van der Waals surface area contributed by atoms with Crippen LogP contribution in [-0.2, 0) is 0 Å². The largest absolute Gasteiger partial charge is 0.392 e. The Bertz CT molecular complexity index is 231. The van der Waals surface area contributed by atoms with E-state index in [1.54, 1.807) is 0 Å². The van der Waals surface area contributed by atoms with Gasteiger partial charge in [-0.05, 0) is 38.8 Å². The highest BCUT2D eigenvalue weighted by Crippen LogP contribution is 2.41. The minimum absolute atomic E-state index is 0.223. The Balaban J connectivity index is 2.38. The number of rotatable bonds is 6. The number of alkyl halides is 3. The summed E-state index contributed by atoms with van der Waals surface area (Å²) in [4.78, 5) is 0. The van der Waals surface area contributed by atoms with E-state index in [0.29, 0.717) is 25.8 Å². The van der Waals surface area contributed by atoms with Crippen molar-refractivity contribution in [1.29, 1.82) is 0 Å². The predicted molar refractivity (Wildman–Crippen MR) is 67.5 cm³/mol. The molecule has 108 valence electrons. The second kappa shape index (κ2) is 7.34. The summed E-state index contributed by atoms with van der Waals surface area (Å²) in [5.74, 6) is -1.35. The zero-order chi connectivity index (χ0) is 13.6. The van der Waals surface area contributed by atoms with Crippen molar-refractivity contribution in [3.8, 4) is 0 Å². The number of hydrogen-bond acceptors (Lipinski definition) is 2. The lowest BCUT2D eigenvalue weighted by Gasteiger charge is -2.34. The number of hydrogen-bond donors (Lipinski definition) is 2.